The highest BCUT2D eigenvalue weighted by Gasteiger charge is 2.35. The number of amides is 1. The van der Waals surface area contributed by atoms with Crippen LogP contribution in [0.5, 0.6) is 0 Å². The van der Waals surface area contributed by atoms with Gasteiger partial charge in [0, 0.05) is 0 Å². The summed E-state index contributed by atoms with van der Waals surface area (Å²) in [5.74, 6) is -1.66. The van der Waals surface area contributed by atoms with Crippen LogP contribution in [0, 0.1) is 5.92 Å². The van der Waals surface area contributed by atoms with E-state index in [2.05, 4.69) is 5.32 Å². The third-order valence-electron chi connectivity index (χ3n) is 2.77. The Morgan fingerprint density at radius 1 is 1.47 bits per heavy atom. The van der Waals surface area contributed by atoms with Gasteiger partial charge in [-0.2, -0.15) is 0 Å². The molecule has 1 amide bonds. The largest absolute Gasteiger partial charge is 0.481 e. The van der Waals surface area contributed by atoms with E-state index in [9.17, 15) is 9.59 Å². The van der Waals surface area contributed by atoms with Gasteiger partial charge in [-0.15, -0.1) is 0 Å². The van der Waals surface area contributed by atoms with Gasteiger partial charge in [0.25, 0.3) is 0 Å². The number of cyclic esters (lactones) is 1. The molecule has 0 radical (unpaired) electrons. The third kappa shape index (κ3) is 2.75. The quantitative estimate of drug-likeness (QED) is 0.817. The lowest BCUT2D eigenvalue weighted by molar-refractivity contribution is -0.144. The molecule has 2 N–H and O–H groups in total. The molecule has 0 aromatic heterocycles. The average Bonchev–Trinajstić information content (AvgIpc) is 2.73. The SMILES string of the molecule is O=C1NCC(C(Cc2ccccc2)C(=O)O)O1. The van der Waals surface area contributed by atoms with Gasteiger partial charge < -0.3 is 15.2 Å². The number of aliphatic carboxylic acids is 1. The lowest BCUT2D eigenvalue weighted by Crippen LogP contribution is -2.32. The van der Waals surface area contributed by atoms with Crippen LogP contribution >= 0.6 is 0 Å². The molecule has 17 heavy (non-hydrogen) atoms. The van der Waals surface area contributed by atoms with Crippen molar-refractivity contribution in [2.24, 2.45) is 5.92 Å². The van der Waals surface area contributed by atoms with Gasteiger partial charge in [-0.05, 0) is 12.0 Å². The molecule has 1 fully saturated rings. The van der Waals surface area contributed by atoms with Crippen LogP contribution in [0.4, 0.5) is 4.79 Å². The molecular weight excluding hydrogens is 222 g/mol. The fourth-order valence-electron chi connectivity index (χ4n) is 1.87. The standard InChI is InChI=1S/C12H13NO4/c14-11(15)9(10-7-13-12(16)17-10)6-8-4-2-1-3-5-8/h1-5,9-10H,6-7H2,(H,13,16)(H,14,15). The van der Waals surface area contributed by atoms with E-state index in [-0.39, 0.29) is 6.54 Å². The number of carboxylic acids is 1. The number of hydrogen-bond donors (Lipinski definition) is 2. The van der Waals surface area contributed by atoms with Crippen molar-refractivity contribution >= 4 is 12.1 Å². The Bertz CT molecular complexity index is 418. The van der Waals surface area contributed by atoms with Crippen LogP contribution in [0.1, 0.15) is 5.56 Å². The summed E-state index contributed by atoms with van der Waals surface area (Å²) in [6.45, 7) is 0.253. The molecule has 0 aliphatic carbocycles. The highest BCUT2D eigenvalue weighted by molar-refractivity contribution is 5.74. The van der Waals surface area contributed by atoms with E-state index in [1.54, 1.807) is 0 Å². The third-order valence-corrected chi connectivity index (χ3v) is 2.77. The summed E-state index contributed by atoms with van der Waals surface area (Å²) < 4.78 is 4.93. The minimum absolute atomic E-state index is 0.253. The summed E-state index contributed by atoms with van der Waals surface area (Å²) in [6, 6.07) is 9.30. The average molecular weight is 235 g/mol. The molecule has 0 bridgehead atoms. The van der Waals surface area contributed by atoms with E-state index in [0.717, 1.165) is 5.56 Å². The first-order valence-electron chi connectivity index (χ1n) is 5.38. The van der Waals surface area contributed by atoms with Crippen LogP contribution in [-0.4, -0.2) is 29.8 Å². The van der Waals surface area contributed by atoms with Crippen LogP contribution in [-0.2, 0) is 16.0 Å². The number of carbonyl (C=O) groups is 2. The Kier molecular flexibility index (Phi) is 3.27. The number of rotatable bonds is 4. The minimum atomic E-state index is -0.949. The molecule has 1 heterocycles. The predicted octanol–water partition coefficient (Wildman–Crippen LogP) is 1.04. The van der Waals surface area contributed by atoms with Crippen LogP contribution in [0.15, 0.2) is 30.3 Å². The Balaban J connectivity index is 2.08. The van der Waals surface area contributed by atoms with E-state index in [1.165, 1.54) is 0 Å². The lowest BCUT2D eigenvalue weighted by atomic mass is 9.94. The molecule has 90 valence electrons. The lowest BCUT2D eigenvalue weighted by Gasteiger charge is -2.17. The Labute approximate surface area is 98.4 Å². The maximum atomic E-state index is 11.2. The van der Waals surface area contributed by atoms with E-state index >= 15 is 0 Å². The summed E-state index contributed by atoms with van der Waals surface area (Å²) in [4.78, 5) is 22.1. The van der Waals surface area contributed by atoms with Crippen molar-refractivity contribution in [3.05, 3.63) is 35.9 Å². The number of carbonyl (C=O) groups excluding carboxylic acids is 1. The van der Waals surface area contributed by atoms with Crippen LogP contribution in [0.25, 0.3) is 0 Å². The molecule has 0 spiro atoms. The molecule has 5 heteroatoms. The Hall–Kier alpha value is -2.04. The number of benzene rings is 1. The van der Waals surface area contributed by atoms with Crippen LogP contribution in [0.2, 0.25) is 0 Å². The molecule has 1 aliphatic heterocycles. The predicted molar refractivity (Wildman–Crippen MR) is 59.5 cm³/mol. The molecule has 2 rings (SSSR count). The first-order chi connectivity index (χ1) is 8.16. The number of alkyl carbamates (subject to hydrolysis) is 1. The van der Waals surface area contributed by atoms with Gasteiger partial charge in [-0.3, -0.25) is 4.79 Å². The molecule has 5 nitrogen and oxygen atoms in total. The topological polar surface area (TPSA) is 75.6 Å². The highest BCUT2D eigenvalue weighted by atomic mass is 16.6. The number of hydrogen-bond acceptors (Lipinski definition) is 3. The maximum Gasteiger partial charge on any atom is 0.407 e. The van der Waals surface area contributed by atoms with Gasteiger partial charge in [-0.1, -0.05) is 30.3 Å². The van der Waals surface area contributed by atoms with Gasteiger partial charge in [0.15, 0.2) is 0 Å². The molecule has 2 atom stereocenters. The van der Waals surface area contributed by atoms with E-state index in [0.29, 0.717) is 6.42 Å². The highest BCUT2D eigenvalue weighted by Crippen LogP contribution is 2.18. The maximum absolute atomic E-state index is 11.2. The second kappa shape index (κ2) is 4.86. The number of nitrogens with one attached hydrogen (secondary N) is 1. The van der Waals surface area contributed by atoms with Crippen LogP contribution < -0.4 is 5.32 Å². The first kappa shape index (κ1) is 11.4. The Morgan fingerprint density at radius 3 is 2.71 bits per heavy atom. The summed E-state index contributed by atoms with van der Waals surface area (Å²) in [5, 5.41) is 11.6. The molecular formula is C12H13NO4. The zero-order valence-electron chi connectivity index (χ0n) is 9.13. The van der Waals surface area contributed by atoms with Gasteiger partial charge >= 0.3 is 12.1 Å². The normalized spacial score (nSPS) is 20.5. The van der Waals surface area contributed by atoms with Crippen molar-refractivity contribution in [2.75, 3.05) is 6.54 Å². The van der Waals surface area contributed by atoms with Crippen molar-refractivity contribution in [1.82, 2.24) is 5.32 Å². The second-order valence-corrected chi connectivity index (χ2v) is 3.96. The fraction of sp³-hybridized carbons (Fsp3) is 0.333. The van der Waals surface area contributed by atoms with Gasteiger partial charge in [0.05, 0.1) is 12.5 Å². The first-order valence-corrected chi connectivity index (χ1v) is 5.38. The summed E-state index contributed by atoms with van der Waals surface area (Å²) in [6.07, 6.45) is -0.787. The van der Waals surface area contributed by atoms with Crippen molar-refractivity contribution in [1.29, 1.82) is 0 Å². The van der Waals surface area contributed by atoms with Crippen molar-refractivity contribution in [2.45, 2.75) is 12.5 Å². The molecule has 2 unspecified atom stereocenters. The van der Waals surface area contributed by atoms with E-state index < -0.39 is 24.1 Å². The zero-order chi connectivity index (χ0) is 12.3. The summed E-state index contributed by atoms with van der Waals surface area (Å²) in [7, 11) is 0. The van der Waals surface area contributed by atoms with Crippen molar-refractivity contribution in [3.63, 3.8) is 0 Å². The summed E-state index contributed by atoms with van der Waals surface area (Å²) in [5.41, 5.74) is 0.919. The molecule has 1 saturated heterocycles. The number of ether oxygens (including phenoxy) is 1. The zero-order valence-corrected chi connectivity index (χ0v) is 9.13. The minimum Gasteiger partial charge on any atom is -0.481 e. The van der Waals surface area contributed by atoms with Gasteiger partial charge in [0.1, 0.15) is 6.10 Å². The molecule has 1 aromatic rings. The smallest absolute Gasteiger partial charge is 0.407 e. The molecule has 1 aromatic carbocycles. The summed E-state index contributed by atoms with van der Waals surface area (Å²) >= 11 is 0. The van der Waals surface area contributed by atoms with Gasteiger partial charge in [-0.25, -0.2) is 4.79 Å². The second-order valence-electron chi connectivity index (χ2n) is 3.96. The van der Waals surface area contributed by atoms with E-state index in [1.807, 2.05) is 30.3 Å². The molecule has 0 saturated carbocycles. The van der Waals surface area contributed by atoms with Crippen molar-refractivity contribution < 1.29 is 19.4 Å². The van der Waals surface area contributed by atoms with Gasteiger partial charge in [0.2, 0.25) is 0 Å². The van der Waals surface area contributed by atoms with Crippen LogP contribution in [0.3, 0.4) is 0 Å². The van der Waals surface area contributed by atoms with E-state index in [4.69, 9.17) is 9.84 Å². The number of carboxylic acid groups (broad SMARTS) is 1. The molecule has 1 aliphatic rings. The monoisotopic (exact) mass is 235 g/mol. The van der Waals surface area contributed by atoms with Crippen molar-refractivity contribution in [3.8, 4) is 0 Å². The Morgan fingerprint density at radius 2 is 2.18 bits per heavy atom. The fourth-order valence-corrected chi connectivity index (χ4v) is 1.87.